The molecule has 2 fully saturated rings. The molecule has 0 saturated carbocycles. The number of hydrogen-bond acceptors (Lipinski definition) is 10. The normalized spacial score (nSPS) is 30.8. The predicted octanol–water partition coefficient (Wildman–Crippen LogP) is 1.54. The maximum absolute atomic E-state index is 12.9. The number of amides is 1. The minimum atomic E-state index is -1.69. The van der Waals surface area contributed by atoms with E-state index in [1.807, 2.05) is 0 Å². The van der Waals surface area contributed by atoms with Crippen LogP contribution in [-0.2, 0) is 28.6 Å². The molecule has 3 aliphatic rings. The molecule has 0 aromatic heterocycles. The molecular weight excluding hydrogens is 474 g/mol. The maximum atomic E-state index is 12.9. The summed E-state index contributed by atoms with van der Waals surface area (Å²) in [5.74, 6) is -1.77. The number of nitrogens with zero attached hydrogens (tertiary/aromatic N) is 1. The Bertz CT molecular complexity index is 819. The Hall–Kier alpha value is -1.05. The maximum Gasteiger partial charge on any atom is 0.359 e. The van der Waals surface area contributed by atoms with Gasteiger partial charge in [0.15, 0.2) is 20.3 Å². The summed E-state index contributed by atoms with van der Waals surface area (Å²) in [7, 11) is -1.69. The van der Waals surface area contributed by atoms with Gasteiger partial charge in [0.2, 0.25) is 12.7 Å². The van der Waals surface area contributed by atoms with Crippen molar-refractivity contribution in [3.8, 4) is 0 Å². The first-order valence-electron chi connectivity index (χ1n) is 10.7. The van der Waals surface area contributed by atoms with Crippen LogP contribution in [0.2, 0.25) is 12.1 Å². The highest BCUT2D eigenvalue weighted by Gasteiger charge is 2.66. The van der Waals surface area contributed by atoms with Crippen molar-refractivity contribution in [1.29, 1.82) is 0 Å². The second-order valence-corrected chi connectivity index (χ2v) is 13.9. The molecule has 0 radical (unpaired) electrons. The summed E-state index contributed by atoms with van der Waals surface area (Å²) in [6.07, 6.45) is -0.0197. The predicted molar refractivity (Wildman–Crippen MR) is 123 cm³/mol. The fourth-order valence-corrected chi connectivity index (χ4v) is 10.2. The summed E-state index contributed by atoms with van der Waals surface area (Å²) in [5, 5.41) is 9.97. The Balaban J connectivity index is 1.72. The van der Waals surface area contributed by atoms with E-state index >= 15 is 0 Å². The van der Waals surface area contributed by atoms with Gasteiger partial charge in [-0.15, -0.1) is 11.8 Å². The van der Waals surface area contributed by atoms with Gasteiger partial charge >= 0.3 is 11.9 Å². The fourth-order valence-electron chi connectivity index (χ4n) is 3.95. The Morgan fingerprint density at radius 1 is 1.41 bits per heavy atom. The number of β-lactam (4-membered cyclic amide) rings is 1. The number of aliphatic hydroxyl groups excluding tert-OH is 1. The van der Waals surface area contributed by atoms with Crippen molar-refractivity contribution in [2.75, 3.05) is 13.4 Å². The smallest absolute Gasteiger partial charge is 0.359 e. The summed E-state index contributed by atoms with van der Waals surface area (Å²) >= 11 is 2.85. The lowest BCUT2D eigenvalue weighted by Crippen LogP contribution is -2.68. The zero-order valence-electron chi connectivity index (χ0n) is 19.0. The first-order chi connectivity index (χ1) is 14.9. The number of carbonyl (C=O) groups is 3. The molecule has 3 heterocycles. The number of rotatable bonds is 9. The average molecular weight is 506 g/mol. The van der Waals surface area contributed by atoms with Crippen LogP contribution in [0.15, 0.2) is 9.93 Å². The summed E-state index contributed by atoms with van der Waals surface area (Å²) in [4.78, 5) is 49.4. The van der Waals surface area contributed by atoms with Crippen molar-refractivity contribution in [3.05, 3.63) is 9.93 Å². The lowest BCUT2D eigenvalue weighted by atomic mass is 9.75. The third kappa shape index (κ3) is 4.62. The second-order valence-electron chi connectivity index (χ2n) is 8.87. The minimum absolute atomic E-state index is 0.122. The monoisotopic (exact) mass is 505 g/mol. The van der Waals surface area contributed by atoms with E-state index in [1.165, 1.54) is 28.4 Å². The van der Waals surface area contributed by atoms with Gasteiger partial charge in [-0.2, -0.15) is 0 Å². The highest BCUT2D eigenvalue weighted by atomic mass is 32.2. The van der Waals surface area contributed by atoms with Crippen LogP contribution in [0.25, 0.3) is 0 Å². The largest absolute Gasteiger partial charge is 0.435 e. The van der Waals surface area contributed by atoms with Crippen LogP contribution in [0.3, 0.4) is 0 Å². The van der Waals surface area contributed by atoms with Crippen LogP contribution in [0.1, 0.15) is 41.0 Å². The summed E-state index contributed by atoms with van der Waals surface area (Å²) in [6, 6.07) is 1.58. The quantitative estimate of drug-likeness (QED) is 0.206. The molecule has 9 nitrogen and oxygen atoms in total. The number of hydrogen-bond donors (Lipinski definition) is 2. The van der Waals surface area contributed by atoms with E-state index in [-0.39, 0.29) is 16.9 Å². The molecule has 0 aliphatic carbocycles. The van der Waals surface area contributed by atoms with Crippen molar-refractivity contribution >= 4 is 50.4 Å². The van der Waals surface area contributed by atoms with E-state index in [0.717, 1.165) is 18.5 Å². The van der Waals surface area contributed by atoms with Gasteiger partial charge in [0.05, 0.1) is 10.3 Å². The third-order valence-electron chi connectivity index (χ3n) is 6.15. The number of ether oxygens (including phenoxy) is 3. The van der Waals surface area contributed by atoms with E-state index in [9.17, 15) is 24.3 Å². The summed E-state index contributed by atoms with van der Waals surface area (Å²) in [5.41, 5.74) is -2.05. The molecule has 12 heteroatoms. The SMILES string of the molecule is CCOC(C)(C)C(=O)OCOC(=O)C1=C(S[C@H]2CC[Si@@H](O)C2)SC2N1C(=O)[C@]2(C)[C@@H](C)O. The molecule has 1 amide bonds. The number of fused-ring (bicyclic) bond motifs is 1. The number of aliphatic hydroxyl groups is 1. The van der Waals surface area contributed by atoms with Gasteiger partial charge in [-0.1, -0.05) is 11.8 Å². The van der Waals surface area contributed by atoms with Crippen molar-refractivity contribution < 1.29 is 38.5 Å². The van der Waals surface area contributed by atoms with Crippen molar-refractivity contribution in [3.63, 3.8) is 0 Å². The van der Waals surface area contributed by atoms with Crippen LogP contribution < -0.4 is 0 Å². The van der Waals surface area contributed by atoms with Crippen molar-refractivity contribution in [2.45, 2.75) is 75.5 Å². The van der Waals surface area contributed by atoms with Gasteiger partial charge < -0.3 is 24.1 Å². The van der Waals surface area contributed by atoms with Crippen LogP contribution >= 0.6 is 23.5 Å². The molecule has 5 atom stereocenters. The molecule has 0 spiro atoms. The van der Waals surface area contributed by atoms with Crippen LogP contribution in [0, 0.1) is 5.41 Å². The first-order valence-corrected chi connectivity index (χ1v) is 14.6. The lowest BCUT2D eigenvalue weighted by Gasteiger charge is -2.52. The van der Waals surface area contributed by atoms with E-state index in [4.69, 9.17) is 14.2 Å². The Morgan fingerprint density at radius 2 is 2.09 bits per heavy atom. The Morgan fingerprint density at radius 3 is 2.66 bits per heavy atom. The molecule has 180 valence electrons. The average Bonchev–Trinajstić information content (AvgIpc) is 3.28. The summed E-state index contributed by atoms with van der Waals surface area (Å²) < 4.78 is 16.2. The Labute approximate surface area is 197 Å². The number of thioether (sulfide) groups is 2. The van der Waals surface area contributed by atoms with Gasteiger partial charge in [-0.25, -0.2) is 9.59 Å². The van der Waals surface area contributed by atoms with Gasteiger partial charge in [0.1, 0.15) is 10.8 Å². The molecule has 0 bridgehead atoms. The van der Waals surface area contributed by atoms with Crippen LogP contribution in [-0.4, -0.2) is 77.4 Å². The third-order valence-corrected chi connectivity index (χ3v) is 11.7. The molecule has 1 unspecified atom stereocenters. The molecule has 2 N–H and O–H groups in total. The molecule has 32 heavy (non-hydrogen) atoms. The van der Waals surface area contributed by atoms with Crippen LogP contribution in [0.5, 0.6) is 0 Å². The van der Waals surface area contributed by atoms with E-state index < -0.39 is 50.3 Å². The molecule has 3 rings (SSSR count). The van der Waals surface area contributed by atoms with Gasteiger partial charge in [-0.05, 0) is 53.1 Å². The fraction of sp³-hybridized carbons (Fsp3) is 0.750. The van der Waals surface area contributed by atoms with Crippen LogP contribution in [0.4, 0.5) is 0 Å². The molecular formula is C20H31NO8S2Si. The highest BCUT2D eigenvalue weighted by molar-refractivity contribution is 8.23. The van der Waals surface area contributed by atoms with Gasteiger partial charge in [-0.3, -0.25) is 9.69 Å². The zero-order chi connectivity index (χ0) is 23.8. The second kappa shape index (κ2) is 9.67. The topological polar surface area (TPSA) is 123 Å². The van der Waals surface area contributed by atoms with Gasteiger partial charge in [0.25, 0.3) is 0 Å². The molecule has 0 aromatic carbocycles. The Kier molecular flexibility index (Phi) is 7.72. The number of carbonyl (C=O) groups excluding carboxylic acids is 3. The zero-order valence-corrected chi connectivity index (χ0v) is 21.7. The minimum Gasteiger partial charge on any atom is -0.435 e. The van der Waals surface area contributed by atoms with E-state index in [0.29, 0.717) is 10.8 Å². The molecule has 2 saturated heterocycles. The van der Waals surface area contributed by atoms with E-state index in [1.54, 1.807) is 34.6 Å². The van der Waals surface area contributed by atoms with Gasteiger partial charge in [0, 0.05) is 11.9 Å². The first kappa shape index (κ1) is 25.6. The summed E-state index contributed by atoms with van der Waals surface area (Å²) in [6.45, 7) is 7.86. The highest BCUT2D eigenvalue weighted by Crippen LogP contribution is 2.60. The van der Waals surface area contributed by atoms with E-state index in [2.05, 4.69) is 0 Å². The lowest BCUT2D eigenvalue weighted by molar-refractivity contribution is -0.185. The van der Waals surface area contributed by atoms with Crippen molar-refractivity contribution in [1.82, 2.24) is 4.90 Å². The standard InChI is InChI=1S/C20H31NO8S2Si/c1-6-29-19(3,4)18(25)28-10-27-14(23)13-15(30-12-7-8-32(26)9-12)31-17-20(5,11(2)22)16(24)21(13)17/h11-12,17,22,26,32H,6-10H2,1-5H3/t11-,12+,17?,20+,32-/m1/s1. The molecule has 0 aromatic rings. The molecule has 3 aliphatic heterocycles. The van der Waals surface area contributed by atoms with Crippen molar-refractivity contribution in [2.24, 2.45) is 5.41 Å². The number of esters is 2.